The predicted octanol–water partition coefficient (Wildman–Crippen LogP) is 7.85. The molecule has 10 heteroatoms. The number of hydrogen-bond acceptors (Lipinski definition) is 5. The normalized spacial score (nSPS) is 14.0. The minimum atomic E-state index is -0.393. The van der Waals surface area contributed by atoms with Crippen molar-refractivity contribution < 1.29 is 9.66 Å². The number of nitro groups is 1. The third-order valence-corrected chi connectivity index (χ3v) is 7.60. The number of non-ortho nitro benzene ring substituents is 1. The molecule has 1 aliphatic heterocycles. The Bertz CT molecular complexity index is 1250. The van der Waals surface area contributed by atoms with Crippen LogP contribution in [0.25, 0.3) is 12.2 Å². The van der Waals surface area contributed by atoms with Crippen molar-refractivity contribution in [3.8, 4) is 5.75 Å². The molecule has 6 nitrogen and oxygen atoms in total. The summed E-state index contributed by atoms with van der Waals surface area (Å²) in [7, 11) is 0. The van der Waals surface area contributed by atoms with Gasteiger partial charge >= 0.3 is 0 Å². The summed E-state index contributed by atoms with van der Waals surface area (Å²) in [4.78, 5) is 15.6. The maximum Gasteiger partial charge on any atom is 0.270 e. The summed E-state index contributed by atoms with van der Waals surface area (Å²) in [5.41, 5.74) is 2.67. The van der Waals surface area contributed by atoms with Crippen LogP contribution in [-0.2, 0) is 0 Å². The molecule has 0 spiro atoms. The zero-order valence-electron chi connectivity index (χ0n) is 20.0. The topological polar surface area (TPSA) is 58.9 Å². The summed E-state index contributed by atoms with van der Waals surface area (Å²) < 4.78 is 7.00. The second-order valence-corrected chi connectivity index (χ2v) is 10.1. The molecule has 4 rings (SSSR count). The average molecular weight is 628 g/mol. The van der Waals surface area contributed by atoms with E-state index in [1.807, 2.05) is 48.6 Å². The highest BCUT2D eigenvalue weighted by atomic mass is 79.9. The fourth-order valence-corrected chi connectivity index (χ4v) is 4.95. The lowest BCUT2D eigenvalue weighted by atomic mass is 10.1. The number of halogens is 4. The molecule has 0 radical (unpaired) electrons. The molecule has 0 saturated carbocycles. The van der Waals surface area contributed by atoms with Crippen LogP contribution in [0.3, 0.4) is 0 Å². The molecule has 1 heterocycles. The molecule has 3 aromatic carbocycles. The molecule has 0 unspecified atom stereocenters. The first-order valence-corrected chi connectivity index (χ1v) is 13.2. The van der Waals surface area contributed by atoms with E-state index in [0.29, 0.717) is 28.0 Å². The van der Waals surface area contributed by atoms with Gasteiger partial charge in [-0.15, -0.1) is 12.4 Å². The summed E-state index contributed by atoms with van der Waals surface area (Å²) >= 11 is 16.1. The Morgan fingerprint density at radius 1 is 0.973 bits per heavy atom. The van der Waals surface area contributed by atoms with Crippen LogP contribution in [0.15, 0.2) is 65.1 Å². The average Bonchev–Trinajstić information content (AvgIpc) is 2.88. The lowest BCUT2D eigenvalue weighted by molar-refractivity contribution is -0.384. The third kappa shape index (κ3) is 7.85. The predicted molar refractivity (Wildman–Crippen MR) is 159 cm³/mol. The molecule has 1 fully saturated rings. The van der Waals surface area contributed by atoms with E-state index in [4.69, 9.17) is 27.9 Å². The highest BCUT2D eigenvalue weighted by Crippen LogP contribution is 2.33. The van der Waals surface area contributed by atoms with Crippen molar-refractivity contribution in [1.29, 1.82) is 0 Å². The van der Waals surface area contributed by atoms with Crippen LogP contribution in [0.1, 0.15) is 17.5 Å². The zero-order chi connectivity index (χ0) is 25.5. The number of nitro benzene ring substituents is 1. The van der Waals surface area contributed by atoms with E-state index in [1.54, 1.807) is 18.2 Å². The molecule has 0 bridgehead atoms. The summed E-state index contributed by atoms with van der Waals surface area (Å²) in [6.45, 7) is 5.06. The summed E-state index contributed by atoms with van der Waals surface area (Å²) in [5, 5.41) is 12.5. The van der Waals surface area contributed by atoms with Gasteiger partial charge in [0.1, 0.15) is 5.75 Å². The Labute approximate surface area is 241 Å². The van der Waals surface area contributed by atoms with Gasteiger partial charge in [0, 0.05) is 54.9 Å². The molecule has 1 aliphatic rings. The Kier molecular flexibility index (Phi) is 11.1. The molecule has 0 aromatic heterocycles. The number of rotatable bonds is 9. The van der Waals surface area contributed by atoms with Crippen molar-refractivity contribution in [3.63, 3.8) is 0 Å². The van der Waals surface area contributed by atoms with Crippen LogP contribution in [0, 0.1) is 10.1 Å². The second-order valence-electron chi connectivity index (χ2n) is 8.44. The maximum absolute atomic E-state index is 11.3. The van der Waals surface area contributed by atoms with Crippen LogP contribution in [-0.4, -0.2) is 49.2 Å². The molecular formula is C27H27BrCl3N3O3. The summed E-state index contributed by atoms with van der Waals surface area (Å²) in [6.07, 6.45) is 4.62. The van der Waals surface area contributed by atoms with E-state index in [1.165, 1.54) is 6.07 Å². The lowest BCUT2D eigenvalue weighted by Gasteiger charge is -2.36. The first-order valence-electron chi connectivity index (χ1n) is 11.7. The quantitative estimate of drug-likeness (QED) is 0.105. The Morgan fingerprint density at radius 3 is 2.43 bits per heavy atom. The van der Waals surface area contributed by atoms with Gasteiger partial charge in [0.15, 0.2) is 0 Å². The Morgan fingerprint density at radius 2 is 1.70 bits per heavy atom. The van der Waals surface area contributed by atoms with Crippen LogP contribution in [0.5, 0.6) is 5.75 Å². The first-order chi connectivity index (χ1) is 17.4. The van der Waals surface area contributed by atoms with Crippen molar-refractivity contribution >= 4 is 75.1 Å². The van der Waals surface area contributed by atoms with Crippen LogP contribution >= 0.6 is 51.5 Å². The number of hydrogen-bond donors (Lipinski definition) is 0. The lowest BCUT2D eigenvalue weighted by Crippen LogP contribution is -2.46. The standard InChI is InChI=1S/C27H26BrCl2N3O3.ClH/c28-23-6-2-1-5-20(23)9-10-21-19-22(33(34)35)11-12-26(21)36-18-4-13-31-14-16-32(17-15-31)25-8-3-7-24(29)27(25)30;/h1-3,5-12,19H,4,13-18H2;1H/b10-9+;. The number of nitrogens with zero attached hydrogens (tertiary/aromatic N) is 3. The molecule has 0 atom stereocenters. The number of ether oxygens (including phenoxy) is 1. The molecule has 0 amide bonds. The number of anilines is 1. The van der Waals surface area contributed by atoms with E-state index < -0.39 is 4.92 Å². The molecule has 0 aliphatic carbocycles. The van der Waals surface area contributed by atoms with Crippen molar-refractivity contribution in [2.75, 3.05) is 44.2 Å². The number of benzene rings is 3. The molecular weight excluding hydrogens is 601 g/mol. The Balaban J connectivity index is 0.00000380. The zero-order valence-corrected chi connectivity index (χ0v) is 23.9. The van der Waals surface area contributed by atoms with E-state index in [0.717, 1.165) is 54.9 Å². The summed E-state index contributed by atoms with van der Waals surface area (Å²) in [6, 6.07) is 18.2. The van der Waals surface area contributed by atoms with Gasteiger partial charge in [-0.2, -0.15) is 0 Å². The monoisotopic (exact) mass is 625 g/mol. The second kappa shape index (κ2) is 14.0. The molecule has 0 N–H and O–H groups in total. The van der Waals surface area contributed by atoms with E-state index in [9.17, 15) is 10.1 Å². The third-order valence-electron chi connectivity index (χ3n) is 6.07. The highest BCUT2D eigenvalue weighted by Gasteiger charge is 2.19. The van der Waals surface area contributed by atoms with Gasteiger partial charge in [-0.25, -0.2) is 0 Å². The fraction of sp³-hybridized carbons (Fsp3) is 0.259. The highest BCUT2D eigenvalue weighted by molar-refractivity contribution is 9.10. The van der Waals surface area contributed by atoms with Crippen LogP contribution in [0.2, 0.25) is 10.0 Å². The molecule has 37 heavy (non-hydrogen) atoms. The van der Waals surface area contributed by atoms with E-state index >= 15 is 0 Å². The van der Waals surface area contributed by atoms with Crippen molar-refractivity contribution in [3.05, 3.63) is 96.4 Å². The Hall–Kier alpha value is -2.29. The van der Waals surface area contributed by atoms with Gasteiger partial charge in [0.25, 0.3) is 5.69 Å². The molecule has 196 valence electrons. The first kappa shape index (κ1) is 29.3. The largest absolute Gasteiger partial charge is 0.493 e. The van der Waals surface area contributed by atoms with Gasteiger partial charge in [0.2, 0.25) is 0 Å². The van der Waals surface area contributed by atoms with Gasteiger partial charge in [0.05, 0.1) is 27.3 Å². The van der Waals surface area contributed by atoms with Crippen LogP contribution < -0.4 is 9.64 Å². The maximum atomic E-state index is 11.3. The van der Waals surface area contributed by atoms with Gasteiger partial charge in [-0.1, -0.05) is 75.5 Å². The SMILES string of the molecule is Cl.O=[N+]([O-])c1ccc(OCCCN2CCN(c3cccc(Cl)c3Cl)CC2)c(/C=C/c2ccccc2Br)c1. The minimum absolute atomic E-state index is 0. The van der Waals surface area contributed by atoms with Crippen LogP contribution in [0.4, 0.5) is 11.4 Å². The molecule has 1 saturated heterocycles. The van der Waals surface area contributed by atoms with Crippen molar-refractivity contribution in [2.24, 2.45) is 0 Å². The van der Waals surface area contributed by atoms with Gasteiger partial charge in [-0.05, 0) is 36.2 Å². The number of piperazine rings is 1. The van der Waals surface area contributed by atoms with Gasteiger partial charge in [-0.3, -0.25) is 15.0 Å². The van der Waals surface area contributed by atoms with E-state index in [2.05, 4.69) is 25.7 Å². The van der Waals surface area contributed by atoms with Crippen molar-refractivity contribution in [2.45, 2.75) is 6.42 Å². The summed E-state index contributed by atoms with van der Waals surface area (Å²) in [5.74, 6) is 0.629. The fourth-order valence-electron chi connectivity index (χ4n) is 4.12. The minimum Gasteiger partial charge on any atom is -0.493 e. The van der Waals surface area contributed by atoms with Gasteiger partial charge < -0.3 is 9.64 Å². The smallest absolute Gasteiger partial charge is 0.270 e. The van der Waals surface area contributed by atoms with E-state index in [-0.39, 0.29) is 18.1 Å². The molecule has 3 aromatic rings. The van der Waals surface area contributed by atoms with Crippen molar-refractivity contribution in [1.82, 2.24) is 4.90 Å².